The van der Waals surface area contributed by atoms with Gasteiger partial charge in [-0.2, -0.15) is 0 Å². The maximum absolute atomic E-state index is 13.0. The van der Waals surface area contributed by atoms with E-state index in [4.69, 9.17) is 34.8 Å². The van der Waals surface area contributed by atoms with Gasteiger partial charge in [-0.05, 0) is 36.4 Å². The number of hydrogen-bond acceptors (Lipinski definition) is 2. The number of anilines is 2. The van der Waals surface area contributed by atoms with Gasteiger partial charge >= 0.3 is 0 Å². The summed E-state index contributed by atoms with van der Waals surface area (Å²) in [6, 6.07) is 9.14. The van der Waals surface area contributed by atoms with Crippen LogP contribution in [0.25, 0.3) is 0 Å². The standard InChI is InChI=1S/C15H12Cl3FN2O/c16-11-3-1-10(8-12(11)17)21-15(22)5-6-20-9-2-4-14(19)13(18)7-9/h1-4,7-8,20H,5-6H2,(H,21,22). The third-order valence-corrected chi connectivity index (χ3v) is 3.83. The molecule has 2 rings (SSSR count). The van der Waals surface area contributed by atoms with Gasteiger partial charge in [-0.1, -0.05) is 34.8 Å². The first-order valence-corrected chi connectivity index (χ1v) is 7.53. The van der Waals surface area contributed by atoms with Gasteiger partial charge in [0.05, 0.1) is 15.1 Å². The molecule has 0 saturated heterocycles. The number of hydrogen-bond donors (Lipinski definition) is 2. The summed E-state index contributed by atoms with van der Waals surface area (Å²) >= 11 is 17.3. The van der Waals surface area contributed by atoms with Gasteiger partial charge in [0, 0.05) is 24.3 Å². The molecule has 0 unspecified atom stereocenters. The van der Waals surface area contributed by atoms with E-state index in [1.54, 1.807) is 24.3 Å². The van der Waals surface area contributed by atoms with Crippen LogP contribution in [0.15, 0.2) is 36.4 Å². The summed E-state index contributed by atoms with van der Waals surface area (Å²) in [6.07, 6.45) is 0.231. The molecule has 0 aliphatic carbocycles. The maximum atomic E-state index is 13.0. The Hall–Kier alpha value is -1.49. The second-order valence-electron chi connectivity index (χ2n) is 4.48. The molecule has 2 N–H and O–H groups in total. The fraction of sp³-hybridized carbons (Fsp3) is 0.133. The number of nitrogens with one attached hydrogen (secondary N) is 2. The van der Waals surface area contributed by atoms with Crippen LogP contribution in [0.1, 0.15) is 6.42 Å². The number of amides is 1. The lowest BCUT2D eigenvalue weighted by atomic mass is 10.3. The molecule has 0 saturated carbocycles. The summed E-state index contributed by atoms with van der Waals surface area (Å²) in [5.74, 6) is -0.663. The van der Waals surface area contributed by atoms with Gasteiger partial charge in [0.2, 0.25) is 5.91 Å². The van der Waals surface area contributed by atoms with Gasteiger partial charge in [0.25, 0.3) is 0 Å². The summed E-state index contributed by atoms with van der Waals surface area (Å²) in [5.41, 5.74) is 1.22. The zero-order chi connectivity index (χ0) is 16.1. The van der Waals surface area contributed by atoms with Gasteiger partial charge in [-0.15, -0.1) is 0 Å². The van der Waals surface area contributed by atoms with Crippen LogP contribution >= 0.6 is 34.8 Å². The Balaban J connectivity index is 1.82. The monoisotopic (exact) mass is 360 g/mol. The molecule has 0 aromatic heterocycles. The predicted octanol–water partition coefficient (Wildman–Crippen LogP) is 5.23. The number of rotatable bonds is 5. The average Bonchev–Trinajstić information content (AvgIpc) is 2.47. The molecule has 22 heavy (non-hydrogen) atoms. The summed E-state index contributed by atoms with van der Waals surface area (Å²) in [5, 5.41) is 6.53. The minimum absolute atomic E-state index is 0.0326. The Morgan fingerprint density at radius 3 is 2.32 bits per heavy atom. The minimum atomic E-state index is -0.482. The van der Waals surface area contributed by atoms with Crippen LogP contribution in [-0.4, -0.2) is 12.5 Å². The molecule has 0 aliphatic rings. The lowest BCUT2D eigenvalue weighted by Gasteiger charge is -2.08. The third-order valence-electron chi connectivity index (χ3n) is 2.80. The highest BCUT2D eigenvalue weighted by Gasteiger charge is 2.05. The van der Waals surface area contributed by atoms with Gasteiger partial charge in [-0.3, -0.25) is 4.79 Å². The van der Waals surface area contributed by atoms with Crippen LogP contribution in [0, 0.1) is 5.82 Å². The van der Waals surface area contributed by atoms with E-state index in [0.29, 0.717) is 28.0 Å². The molecule has 0 fully saturated rings. The molecule has 1 amide bonds. The Labute approximate surface area is 142 Å². The SMILES string of the molecule is O=C(CCNc1ccc(F)c(Cl)c1)Nc1ccc(Cl)c(Cl)c1. The second-order valence-corrected chi connectivity index (χ2v) is 5.70. The molecule has 3 nitrogen and oxygen atoms in total. The maximum Gasteiger partial charge on any atom is 0.226 e. The Morgan fingerprint density at radius 1 is 0.955 bits per heavy atom. The minimum Gasteiger partial charge on any atom is -0.384 e. The highest BCUT2D eigenvalue weighted by molar-refractivity contribution is 6.42. The number of carbonyl (C=O) groups is 1. The molecular weight excluding hydrogens is 350 g/mol. The topological polar surface area (TPSA) is 41.1 Å². The molecule has 2 aromatic carbocycles. The van der Waals surface area contributed by atoms with Gasteiger partial charge in [0.1, 0.15) is 5.82 Å². The molecule has 0 radical (unpaired) electrons. The van der Waals surface area contributed by atoms with Crippen molar-refractivity contribution in [3.8, 4) is 0 Å². The van der Waals surface area contributed by atoms with Crippen molar-refractivity contribution < 1.29 is 9.18 Å². The molecule has 7 heteroatoms. The zero-order valence-electron chi connectivity index (χ0n) is 11.3. The van der Waals surface area contributed by atoms with E-state index in [2.05, 4.69) is 10.6 Å². The molecule has 2 aromatic rings. The van der Waals surface area contributed by atoms with Crippen molar-refractivity contribution in [3.63, 3.8) is 0 Å². The van der Waals surface area contributed by atoms with Gasteiger partial charge in [-0.25, -0.2) is 4.39 Å². The summed E-state index contributed by atoms with van der Waals surface area (Å²) in [7, 11) is 0. The quantitative estimate of drug-likeness (QED) is 0.766. The van der Waals surface area contributed by atoms with E-state index in [1.807, 2.05) is 0 Å². The largest absolute Gasteiger partial charge is 0.384 e. The fourth-order valence-electron chi connectivity index (χ4n) is 1.72. The molecule has 0 spiro atoms. The van der Waals surface area contributed by atoms with Crippen molar-refractivity contribution in [2.75, 3.05) is 17.2 Å². The average molecular weight is 362 g/mol. The molecule has 0 atom stereocenters. The van der Waals surface area contributed by atoms with Crippen molar-refractivity contribution >= 4 is 52.1 Å². The Morgan fingerprint density at radius 2 is 1.64 bits per heavy atom. The predicted molar refractivity (Wildman–Crippen MR) is 89.6 cm³/mol. The highest BCUT2D eigenvalue weighted by Crippen LogP contribution is 2.25. The molecule has 0 bridgehead atoms. The van der Waals surface area contributed by atoms with Crippen LogP contribution in [0.5, 0.6) is 0 Å². The summed E-state index contributed by atoms with van der Waals surface area (Å²) in [4.78, 5) is 11.8. The first-order valence-electron chi connectivity index (χ1n) is 6.39. The molecule has 0 aliphatic heterocycles. The summed E-state index contributed by atoms with van der Waals surface area (Å²) < 4.78 is 13.0. The lowest BCUT2D eigenvalue weighted by Crippen LogP contribution is -2.16. The van der Waals surface area contributed by atoms with E-state index in [-0.39, 0.29) is 17.4 Å². The fourth-order valence-corrected chi connectivity index (χ4v) is 2.20. The molecular formula is C15H12Cl3FN2O. The van der Waals surface area contributed by atoms with Crippen molar-refractivity contribution in [2.45, 2.75) is 6.42 Å². The van der Waals surface area contributed by atoms with Crippen LogP contribution in [0.2, 0.25) is 15.1 Å². The number of benzene rings is 2. The van der Waals surface area contributed by atoms with Crippen LogP contribution in [0.4, 0.5) is 15.8 Å². The van der Waals surface area contributed by atoms with E-state index in [0.717, 1.165) is 0 Å². The van der Waals surface area contributed by atoms with Gasteiger partial charge in [0.15, 0.2) is 0 Å². The first kappa shape index (κ1) is 16.9. The van der Waals surface area contributed by atoms with E-state index in [1.165, 1.54) is 12.1 Å². The highest BCUT2D eigenvalue weighted by atomic mass is 35.5. The second kappa shape index (κ2) is 7.68. The molecule has 0 heterocycles. The smallest absolute Gasteiger partial charge is 0.226 e. The van der Waals surface area contributed by atoms with E-state index in [9.17, 15) is 9.18 Å². The lowest BCUT2D eigenvalue weighted by molar-refractivity contribution is -0.115. The van der Waals surface area contributed by atoms with E-state index >= 15 is 0 Å². The number of carbonyl (C=O) groups excluding carboxylic acids is 1. The van der Waals surface area contributed by atoms with Gasteiger partial charge < -0.3 is 10.6 Å². The molecule has 116 valence electrons. The van der Waals surface area contributed by atoms with E-state index < -0.39 is 5.82 Å². The first-order chi connectivity index (χ1) is 10.5. The van der Waals surface area contributed by atoms with Crippen LogP contribution in [-0.2, 0) is 4.79 Å². The van der Waals surface area contributed by atoms with Crippen molar-refractivity contribution in [3.05, 3.63) is 57.3 Å². The zero-order valence-corrected chi connectivity index (χ0v) is 13.6. The van der Waals surface area contributed by atoms with Crippen LogP contribution in [0.3, 0.4) is 0 Å². The third kappa shape index (κ3) is 4.77. The van der Waals surface area contributed by atoms with Crippen LogP contribution < -0.4 is 10.6 Å². The Kier molecular flexibility index (Phi) is 5.89. The van der Waals surface area contributed by atoms with Crippen molar-refractivity contribution in [1.82, 2.24) is 0 Å². The van der Waals surface area contributed by atoms with Crippen molar-refractivity contribution in [1.29, 1.82) is 0 Å². The summed E-state index contributed by atoms with van der Waals surface area (Å²) in [6.45, 7) is 0.384. The van der Waals surface area contributed by atoms with Crippen molar-refractivity contribution in [2.24, 2.45) is 0 Å². The normalized spacial score (nSPS) is 10.4. The number of halogens is 4. The Bertz CT molecular complexity index is 694.